The molecule has 1 unspecified atom stereocenters. The van der Waals surface area contributed by atoms with Crippen LogP contribution in [0.15, 0.2) is 24.3 Å². The Hall–Kier alpha value is -2.07. The first-order valence-electron chi connectivity index (χ1n) is 7.55. The molecule has 112 valence electrons. The second-order valence-electron chi connectivity index (χ2n) is 6.08. The van der Waals surface area contributed by atoms with Gasteiger partial charge in [-0.15, -0.1) is 0 Å². The summed E-state index contributed by atoms with van der Waals surface area (Å²) in [4.78, 5) is 4.78. The van der Waals surface area contributed by atoms with Crippen LogP contribution in [0.25, 0.3) is 22.3 Å². The zero-order valence-corrected chi connectivity index (χ0v) is 13.1. The number of nitrogen functional groups attached to an aromatic ring is 1. The van der Waals surface area contributed by atoms with Gasteiger partial charge in [-0.2, -0.15) is 5.10 Å². The van der Waals surface area contributed by atoms with Crippen molar-refractivity contribution in [2.45, 2.75) is 26.2 Å². The van der Waals surface area contributed by atoms with Gasteiger partial charge in [0.25, 0.3) is 0 Å². The van der Waals surface area contributed by atoms with Gasteiger partial charge in [0.05, 0.1) is 11.1 Å². The molecule has 2 heterocycles. The lowest BCUT2D eigenvalue weighted by Crippen LogP contribution is -2.14. The predicted molar refractivity (Wildman–Crippen MR) is 89.9 cm³/mol. The van der Waals surface area contributed by atoms with E-state index >= 15 is 0 Å². The van der Waals surface area contributed by atoms with Crippen LogP contribution >= 0.6 is 11.6 Å². The predicted octanol–water partition coefficient (Wildman–Crippen LogP) is 3.99. The van der Waals surface area contributed by atoms with Crippen molar-refractivity contribution in [3.8, 4) is 11.3 Å². The maximum atomic E-state index is 6.40. The van der Waals surface area contributed by atoms with Crippen molar-refractivity contribution < 1.29 is 0 Å². The number of hydrogen-bond acceptors (Lipinski definition) is 3. The molecule has 4 nitrogen and oxygen atoms in total. The van der Waals surface area contributed by atoms with Crippen LogP contribution in [-0.4, -0.2) is 15.2 Å². The van der Waals surface area contributed by atoms with Gasteiger partial charge in [0.1, 0.15) is 0 Å². The Morgan fingerprint density at radius 2 is 2.09 bits per heavy atom. The van der Waals surface area contributed by atoms with E-state index in [0.29, 0.717) is 11.7 Å². The minimum Gasteiger partial charge on any atom is -0.382 e. The normalized spacial score (nSPS) is 17.6. The molecule has 0 saturated heterocycles. The zero-order chi connectivity index (χ0) is 15.3. The van der Waals surface area contributed by atoms with E-state index < -0.39 is 0 Å². The van der Waals surface area contributed by atoms with Crippen LogP contribution in [0, 0.1) is 5.92 Å². The number of nitrogens with two attached hydrogens (primary N) is 1. The van der Waals surface area contributed by atoms with Gasteiger partial charge in [-0.1, -0.05) is 36.7 Å². The third kappa shape index (κ3) is 1.98. The van der Waals surface area contributed by atoms with Crippen molar-refractivity contribution >= 4 is 28.5 Å². The maximum Gasteiger partial charge on any atom is 0.158 e. The highest BCUT2D eigenvalue weighted by Crippen LogP contribution is 2.39. The largest absolute Gasteiger partial charge is 0.382 e. The fourth-order valence-corrected chi connectivity index (χ4v) is 3.63. The minimum atomic E-state index is 0.540. The Balaban J connectivity index is 2.06. The van der Waals surface area contributed by atoms with E-state index in [1.807, 2.05) is 24.3 Å². The summed E-state index contributed by atoms with van der Waals surface area (Å²) in [5.41, 5.74) is 11.3. The summed E-state index contributed by atoms with van der Waals surface area (Å²) in [7, 11) is 0. The van der Waals surface area contributed by atoms with Crippen LogP contribution in [0.4, 0.5) is 5.82 Å². The van der Waals surface area contributed by atoms with Crippen LogP contribution in [0.3, 0.4) is 0 Å². The topological polar surface area (TPSA) is 67.6 Å². The van der Waals surface area contributed by atoms with E-state index in [1.54, 1.807) is 0 Å². The smallest absolute Gasteiger partial charge is 0.158 e. The van der Waals surface area contributed by atoms with E-state index in [1.165, 1.54) is 11.1 Å². The number of nitrogens with one attached hydrogen (secondary N) is 1. The second-order valence-corrected chi connectivity index (χ2v) is 6.48. The van der Waals surface area contributed by atoms with Gasteiger partial charge in [0.2, 0.25) is 0 Å². The molecule has 1 aliphatic rings. The molecule has 0 spiro atoms. The third-order valence-corrected chi connectivity index (χ3v) is 4.85. The molecular formula is C17H17ClN4. The average molecular weight is 313 g/mol. The van der Waals surface area contributed by atoms with Crippen molar-refractivity contribution in [3.63, 3.8) is 0 Å². The molecule has 1 atom stereocenters. The van der Waals surface area contributed by atoms with E-state index in [-0.39, 0.29) is 0 Å². The number of hydrogen-bond donors (Lipinski definition) is 2. The van der Waals surface area contributed by atoms with E-state index in [4.69, 9.17) is 22.3 Å². The monoisotopic (exact) mass is 312 g/mol. The van der Waals surface area contributed by atoms with Crippen molar-refractivity contribution in [2.75, 3.05) is 5.73 Å². The molecule has 0 aliphatic heterocycles. The van der Waals surface area contributed by atoms with Gasteiger partial charge in [0, 0.05) is 10.6 Å². The number of pyridine rings is 1. The number of aromatic amines is 1. The molecule has 2 aromatic heterocycles. The summed E-state index contributed by atoms with van der Waals surface area (Å²) in [6.07, 6.45) is 3.18. The lowest BCUT2D eigenvalue weighted by Gasteiger charge is -2.24. The average Bonchev–Trinajstić information content (AvgIpc) is 2.88. The molecule has 4 rings (SSSR count). The molecular weight excluding hydrogens is 296 g/mol. The van der Waals surface area contributed by atoms with Gasteiger partial charge in [0.15, 0.2) is 11.5 Å². The first-order chi connectivity index (χ1) is 10.6. The Labute approximate surface area is 133 Å². The number of halogens is 1. The number of anilines is 1. The second kappa shape index (κ2) is 4.99. The number of H-pyrrole nitrogens is 1. The molecule has 1 aromatic carbocycles. The Kier molecular flexibility index (Phi) is 3.08. The molecule has 0 radical (unpaired) electrons. The Morgan fingerprint density at radius 1 is 1.27 bits per heavy atom. The molecule has 3 N–H and O–H groups in total. The molecule has 0 saturated carbocycles. The van der Waals surface area contributed by atoms with E-state index in [9.17, 15) is 0 Å². The first-order valence-corrected chi connectivity index (χ1v) is 7.93. The molecule has 22 heavy (non-hydrogen) atoms. The maximum absolute atomic E-state index is 6.40. The standard InChI is InChI=1S/C17H17ClN4/c1-9-6-7-10-12(8-9)14-16(19)21-22-17(14)20-15(10)11-4-2-3-5-13(11)18/h2-5,9H,6-8H2,1H3,(H3,19,20,21,22). The van der Waals surface area contributed by atoms with Crippen molar-refractivity contribution in [2.24, 2.45) is 5.92 Å². The summed E-state index contributed by atoms with van der Waals surface area (Å²) < 4.78 is 0. The van der Waals surface area contributed by atoms with Crippen LogP contribution < -0.4 is 5.73 Å². The fraction of sp³-hybridized carbons (Fsp3) is 0.294. The lowest BCUT2D eigenvalue weighted by atomic mass is 9.82. The number of aromatic nitrogens is 3. The molecule has 0 bridgehead atoms. The zero-order valence-electron chi connectivity index (χ0n) is 12.4. The summed E-state index contributed by atoms with van der Waals surface area (Å²) in [5.74, 6) is 1.19. The summed E-state index contributed by atoms with van der Waals surface area (Å²) in [5, 5.41) is 8.80. The number of nitrogens with zero attached hydrogens (tertiary/aromatic N) is 2. The summed E-state index contributed by atoms with van der Waals surface area (Å²) >= 11 is 6.40. The van der Waals surface area contributed by atoms with Crippen molar-refractivity contribution in [3.05, 3.63) is 40.4 Å². The quantitative estimate of drug-likeness (QED) is 0.714. The van der Waals surface area contributed by atoms with Crippen LogP contribution in [-0.2, 0) is 12.8 Å². The molecule has 0 fully saturated rings. The molecule has 5 heteroatoms. The van der Waals surface area contributed by atoms with Crippen LogP contribution in [0.5, 0.6) is 0 Å². The van der Waals surface area contributed by atoms with Crippen LogP contribution in [0.1, 0.15) is 24.5 Å². The van der Waals surface area contributed by atoms with Gasteiger partial charge < -0.3 is 5.73 Å². The molecule has 1 aliphatic carbocycles. The van der Waals surface area contributed by atoms with Crippen molar-refractivity contribution in [1.29, 1.82) is 0 Å². The number of fused-ring (bicyclic) bond motifs is 3. The Morgan fingerprint density at radius 3 is 2.91 bits per heavy atom. The summed E-state index contributed by atoms with van der Waals surface area (Å²) in [6, 6.07) is 7.86. The highest BCUT2D eigenvalue weighted by molar-refractivity contribution is 6.33. The lowest BCUT2D eigenvalue weighted by molar-refractivity contribution is 0.503. The van der Waals surface area contributed by atoms with Gasteiger partial charge in [-0.25, -0.2) is 4.98 Å². The van der Waals surface area contributed by atoms with E-state index in [0.717, 1.165) is 46.6 Å². The summed E-state index contributed by atoms with van der Waals surface area (Å²) in [6.45, 7) is 2.28. The van der Waals surface area contributed by atoms with Gasteiger partial charge in [-0.05, 0) is 42.4 Å². The molecule has 3 aromatic rings. The van der Waals surface area contributed by atoms with Crippen molar-refractivity contribution in [1.82, 2.24) is 15.2 Å². The minimum absolute atomic E-state index is 0.540. The van der Waals surface area contributed by atoms with Crippen LogP contribution in [0.2, 0.25) is 5.02 Å². The highest BCUT2D eigenvalue weighted by Gasteiger charge is 2.25. The third-order valence-electron chi connectivity index (χ3n) is 4.52. The highest BCUT2D eigenvalue weighted by atomic mass is 35.5. The Bertz CT molecular complexity index is 868. The van der Waals surface area contributed by atoms with E-state index in [2.05, 4.69) is 17.1 Å². The van der Waals surface area contributed by atoms with Gasteiger partial charge >= 0.3 is 0 Å². The molecule has 0 amide bonds. The number of benzene rings is 1. The van der Waals surface area contributed by atoms with Gasteiger partial charge in [-0.3, -0.25) is 5.10 Å². The first kappa shape index (κ1) is 13.6. The fourth-order valence-electron chi connectivity index (χ4n) is 3.41. The SMILES string of the molecule is CC1CCc2c(-c3ccccc3Cl)nc3[nH]nc(N)c3c2C1. The number of rotatable bonds is 1.